The van der Waals surface area contributed by atoms with E-state index >= 15 is 0 Å². The predicted octanol–water partition coefficient (Wildman–Crippen LogP) is 5.48. The number of carbonyl (C=O) groups is 2. The minimum Gasteiger partial charge on any atom is -0.478 e. The molecule has 0 saturated carbocycles. The molecule has 1 aromatic heterocycles. The third kappa shape index (κ3) is 4.90. The summed E-state index contributed by atoms with van der Waals surface area (Å²) in [6, 6.07) is 17.0. The van der Waals surface area contributed by atoms with Crippen molar-refractivity contribution in [1.29, 1.82) is 0 Å². The highest BCUT2D eigenvalue weighted by Gasteiger charge is 2.15. The summed E-state index contributed by atoms with van der Waals surface area (Å²) in [5.74, 6) is -0.393. The van der Waals surface area contributed by atoms with Gasteiger partial charge < -0.3 is 9.52 Å². The zero-order valence-electron chi connectivity index (χ0n) is 14.1. The molecular formula is C21H15ClO4S. The highest BCUT2D eigenvalue weighted by Crippen LogP contribution is 2.24. The van der Waals surface area contributed by atoms with Gasteiger partial charge in [-0.1, -0.05) is 36.0 Å². The van der Waals surface area contributed by atoms with Gasteiger partial charge >= 0.3 is 5.97 Å². The maximum atomic E-state index is 12.4. The summed E-state index contributed by atoms with van der Waals surface area (Å²) in [6.45, 7) is 0. The molecule has 1 heterocycles. The summed E-state index contributed by atoms with van der Waals surface area (Å²) < 4.78 is 5.64. The first-order chi connectivity index (χ1) is 12.9. The monoisotopic (exact) mass is 398 g/mol. The minimum absolute atomic E-state index is 0.0558. The fourth-order valence-electron chi connectivity index (χ4n) is 2.63. The first-order valence-corrected chi connectivity index (χ1v) is 8.94. The molecule has 3 aromatic rings. The van der Waals surface area contributed by atoms with Crippen LogP contribution in [0, 0.1) is 0 Å². The van der Waals surface area contributed by atoms with Crippen LogP contribution in [0.3, 0.4) is 0 Å². The lowest BCUT2D eigenvalue weighted by Gasteiger charge is -2.04. The molecule has 4 nitrogen and oxygen atoms in total. The summed E-state index contributed by atoms with van der Waals surface area (Å²) in [5, 5.41) is 9.67. The first kappa shape index (κ1) is 19.0. The molecule has 1 N–H and O–H groups in total. The number of carboxylic acids is 1. The van der Waals surface area contributed by atoms with Crippen LogP contribution in [0.4, 0.5) is 0 Å². The van der Waals surface area contributed by atoms with Crippen LogP contribution in [0.15, 0.2) is 65.1 Å². The van der Waals surface area contributed by atoms with E-state index in [-0.39, 0.29) is 23.5 Å². The van der Waals surface area contributed by atoms with Gasteiger partial charge in [0.25, 0.3) is 0 Å². The topological polar surface area (TPSA) is 67.5 Å². The average molecular weight is 399 g/mol. The molecule has 0 aliphatic rings. The number of hydrogen-bond donors (Lipinski definition) is 1. The van der Waals surface area contributed by atoms with Crippen molar-refractivity contribution in [3.05, 3.63) is 82.6 Å². The van der Waals surface area contributed by atoms with Crippen LogP contribution in [0.5, 0.6) is 0 Å². The summed E-state index contributed by atoms with van der Waals surface area (Å²) in [6.07, 6.45) is 0.410. The molecule has 0 atom stereocenters. The molecule has 136 valence electrons. The molecule has 0 amide bonds. The average Bonchev–Trinajstić information content (AvgIpc) is 3.12. The molecule has 0 saturated heterocycles. The van der Waals surface area contributed by atoms with E-state index < -0.39 is 5.97 Å². The van der Waals surface area contributed by atoms with Gasteiger partial charge in [-0.3, -0.25) is 4.79 Å². The largest absolute Gasteiger partial charge is 0.478 e. The molecule has 0 spiro atoms. The predicted molar refractivity (Wildman–Crippen MR) is 108 cm³/mol. The van der Waals surface area contributed by atoms with Crippen LogP contribution < -0.4 is 0 Å². The number of carboxylic acid groups (broad SMARTS) is 1. The summed E-state index contributed by atoms with van der Waals surface area (Å²) in [5.41, 5.74) is 1.78. The third-order valence-electron chi connectivity index (χ3n) is 3.94. The number of ketones is 1. The zero-order chi connectivity index (χ0) is 19.4. The summed E-state index contributed by atoms with van der Waals surface area (Å²) >= 11 is 11.2. The lowest BCUT2D eigenvalue weighted by atomic mass is 10.0. The quantitative estimate of drug-likeness (QED) is 0.421. The minimum atomic E-state index is -0.996. The molecule has 0 bridgehead atoms. The van der Waals surface area contributed by atoms with Gasteiger partial charge in [0.1, 0.15) is 5.76 Å². The van der Waals surface area contributed by atoms with Gasteiger partial charge in [-0.25, -0.2) is 4.79 Å². The van der Waals surface area contributed by atoms with Crippen LogP contribution in [0.25, 0.3) is 11.3 Å². The molecule has 0 aliphatic carbocycles. The van der Waals surface area contributed by atoms with Crippen molar-refractivity contribution in [2.75, 3.05) is 0 Å². The van der Waals surface area contributed by atoms with Crippen molar-refractivity contribution >= 4 is 40.4 Å². The van der Waals surface area contributed by atoms with Gasteiger partial charge in [-0.05, 0) is 54.1 Å². The first-order valence-electron chi connectivity index (χ1n) is 8.15. The Labute approximate surface area is 166 Å². The van der Waals surface area contributed by atoms with Gasteiger partial charge in [0.05, 0.1) is 5.56 Å². The number of Topliss-reactive ketones (excluding diaryl/α,β-unsaturated/α-hetero) is 1. The number of thiocarbonyl (C=S) groups is 1. The van der Waals surface area contributed by atoms with E-state index in [1.165, 1.54) is 6.07 Å². The van der Waals surface area contributed by atoms with E-state index in [1.807, 2.05) is 12.1 Å². The SMILES string of the molecule is O=C(O)c1cccc(CC(=S)CC(=O)c2ccc(-c3ccc(Cl)cc3)o2)c1. The van der Waals surface area contributed by atoms with Crippen LogP contribution in [-0.2, 0) is 6.42 Å². The number of carbonyl (C=O) groups excluding carboxylic acids is 1. The zero-order valence-corrected chi connectivity index (χ0v) is 15.7. The van der Waals surface area contributed by atoms with Crippen molar-refractivity contribution < 1.29 is 19.1 Å². The number of halogens is 1. The van der Waals surface area contributed by atoms with Crippen LogP contribution >= 0.6 is 23.8 Å². The maximum absolute atomic E-state index is 12.4. The van der Waals surface area contributed by atoms with Gasteiger partial charge in [0, 0.05) is 28.3 Å². The summed E-state index contributed by atoms with van der Waals surface area (Å²) in [4.78, 5) is 24.0. The second-order valence-electron chi connectivity index (χ2n) is 5.99. The molecule has 0 fully saturated rings. The highest BCUT2D eigenvalue weighted by atomic mass is 35.5. The van der Waals surface area contributed by atoms with Gasteiger partial charge in [-0.15, -0.1) is 0 Å². The van der Waals surface area contributed by atoms with E-state index in [4.69, 9.17) is 33.3 Å². The van der Waals surface area contributed by atoms with E-state index in [1.54, 1.807) is 42.5 Å². The van der Waals surface area contributed by atoms with E-state index in [0.29, 0.717) is 22.1 Å². The molecular weight excluding hydrogens is 384 g/mol. The molecule has 2 aromatic carbocycles. The van der Waals surface area contributed by atoms with Crippen LogP contribution in [0.1, 0.15) is 32.9 Å². The van der Waals surface area contributed by atoms with Gasteiger partial charge in [0.2, 0.25) is 5.78 Å². The number of benzene rings is 2. The molecule has 27 heavy (non-hydrogen) atoms. The third-order valence-corrected chi connectivity index (χ3v) is 4.48. The van der Waals surface area contributed by atoms with E-state index in [2.05, 4.69) is 0 Å². The number of furan rings is 1. The Morgan fingerprint density at radius 3 is 2.48 bits per heavy atom. The van der Waals surface area contributed by atoms with E-state index in [9.17, 15) is 9.59 Å². The summed E-state index contributed by atoms with van der Waals surface area (Å²) in [7, 11) is 0. The molecule has 6 heteroatoms. The van der Waals surface area contributed by atoms with Crippen LogP contribution in [0.2, 0.25) is 5.02 Å². The number of rotatable bonds is 7. The van der Waals surface area contributed by atoms with Crippen molar-refractivity contribution in [1.82, 2.24) is 0 Å². The standard InChI is InChI=1S/C21H15ClO4S/c22-16-6-4-14(5-7-16)19-8-9-20(26-19)18(23)12-17(27)11-13-2-1-3-15(10-13)21(24)25/h1-10H,11-12H2,(H,24,25). The van der Waals surface area contributed by atoms with Crippen molar-refractivity contribution in [3.8, 4) is 11.3 Å². The Balaban J connectivity index is 1.65. The van der Waals surface area contributed by atoms with Crippen molar-refractivity contribution in [3.63, 3.8) is 0 Å². The fourth-order valence-corrected chi connectivity index (χ4v) is 3.05. The molecule has 0 aliphatic heterocycles. The highest BCUT2D eigenvalue weighted by molar-refractivity contribution is 7.80. The number of hydrogen-bond acceptors (Lipinski definition) is 4. The van der Waals surface area contributed by atoms with Gasteiger partial charge in [0.15, 0.2) is 5.76 Å². The Morgan fingerprint density at radius 2 is 1.78 bits per heavy atom. The van der Waals surface area contributed by atoms with Gasteiger partial charge in [-0.2, -0.15) is 0 Å². The Kier molecular flexibility index (Phi) is 5.84. The Bertz CT molecular complexity index is 1010. The number of aromatic carboxylic acids is 1. The fraction of sp³-hybridized carbons (Fsp3) is 0.0952. The second-order valence-corrected chi connectivity index (χ2v) is 7.01. The normalized spacial score (nSPS) is 10.6. The Morgan fingerprint density at radius 1 is 1.04 bits per heavy atom. The maximum Gasteiger partial charge on any atom is 0.335 e. The molecule has 0 radical (unpaired) electrons. The lowest BCUT2D eigenvalue weighted by Crippen LogP contribution is -2.09. The van der Waals surface area contributed by atoms with E-state index in [0.717, 1.165) is 11.1 Å². The lowest BCUT2D eigenvalue weighted by molar-refractivity contribution is 0.0696. The molecule has 0 unspecified atom stereocenters. The van der Waals surface area contributed by atoms with Crippen LogP contribution in [-0.4, -0.2) is 21.7 Å². The molecule has 3 rings (SSSR count). The second kappa shape index (κ2) is 8.29. The van der Waals surface area contributed by atoms with Crippen molar-refractivity contribution in [2.24, 2.45) is 0 Å². The smallest absolute Gasteiger partial charge is 0.335 e. The van der Waals surface area contributed by atoms with Crippen molar-refractivity contribution in [2.45, 2.75) is 12.8 Å². The Hall–Kier alpha value is -2.76.